The molecule has 1 aliphatic carbocycles. The number of aliphatic hydroxyl groups is 2. The highest BCUT2D eigenvalue weighted by Crippen LogP contribution is 2.40. The van der Waals surface area contributed by atoms with Crippen LogP contribution >= 0.6 is 11.6 Å². The Labute approximate surface area is 251 Å². The van der Waals surface area contributed by atoms with Crippen LogP contribution in [-0.4, -0.2) is 87.3 Å². The van der Waals surface area contributed by atoms with Gasteiger partial charge in [-0.2, -0.15) is 0 Å². The van der Waals surface area contributed by atoms with Crippen molar-refractivity contribution in [1.82, 2.24) is 15.5 Å². The number of phenols is 1. The Balaban J connectivity index is 1.73. The molecule has 0 aromatic heterocycles. The maximum Gasteiger partial charge on any atom is 0.249 e. The van der Waals surface area contributed by atoms with E-state index in [1.165, 1.54) is 12.1 Å². The molecule has 12 nitrogen and oxygen atoms in total. The van der Waals surface area contributed by atoms with Gasteiger partial charge in [0.15, 0.2) is 5.96 Å². The van der Waals surface area contributed by atoms with Crippen LogP contribution in [0.5, 0.6) is 5.75 Å². The van der Waals surface area contributed by atoms with Crippen molar-refractivity contribution in [3.8, 4) is 5.75 Å². The number of hydrogen-bond acceptors (Lipinski definition) is 7. The van der Waals surface area contributed by atoms with Crippen LogP contribution < -0.4 is 22.1 Å². The molecule has 0 unspecified atom stereocenters. The molecular formula is C29H45ClN6O6. The fourth-order valence-corrected chi connectivity index (χ4v) is 6.10. The van der Waals surface area contributed by atoms with Gasteiger partial charge in [0.2, 0.25) is 17.7 Å². The number of carbonyl (C=O) groups is 3. The fraction of sp³-hybridized carbons (Fsp3) is 0.655. The number of fused-ring (bicyclic) bond motifs is 1. The number of phenolic OH excluding ortho intramolecular Hbond substituents is 1. The van der Waals surface area contributed by atoms with Crippen molar-refractivity contribution in [2.45, 2.75) is 95.5 Å². The number of aliphatic imine (C=N–C) groups is 1. The van der Waals surface area contributed by atoms with E-state index in [4.69, 9.17) is 23.1 Å². The van der Waals surface area contributed by atoms with Gasteiger partial charge in [0.1, 0.15) is 23.9 Å². The minimum Gasteiger partial charge on any atom is -0.506 e. The monoisotopic (exact) mass is 608 g/mol. The van der Waals surface area contributed by atoms with Gasteiger partial charge in [-0.15, -0.1) is 0 Å². The first-order chi connectivity index (χ1) is 19.9. The van der Waals surface area contributed by atoms with Crippen LogP contribution in [0.4, 0.5) is 0 Å². The van der Waals surface area contributed by atoms with Crippen LogP contribution in [0.1, 0.15) is 64.4 Å². The van der Waals surface area contributed by atoms with Gasteiger partial charge in [0.25, 0.3) is 0 Å². The molecule has 1 aromatic carbocycles. The highest BCUT2D eigenvalue weighted by Gasteiger charge is 2.50. The predicted octanol–water partition coefficient (Wildman–Crippen LogP) is 0.780. The van der Waals surface area contributed by atoms with E-state index in [2.05, 4.69) is 15.6 Å². The number of aliphatic hydroxyl groups excluding tert-OH is 2. The number of nitrogens with one attached hydrogen (secondary N) is 2. The molecule has 9 N–H and O–H groups in total. The van der Waals surface area contributed by atoms with Gasteiger partial charge in [-0.1, -0.05) is 31.5 Å². The summed E-state index contributed by atoms with van der Waals surface area (Å²) in [5, 5.41) is 36.5. The molecule has 2 fully saturated rings. The average molecular weight is 609 g/mol. The average Bonchev–Trinajstić information content (AvgIpc) is 3.30. The zero-order valence-corrected chi connectivity index (χ0v) is 25.1. The lowest BCUT2D eigenvalue weighted by Gasteiger charge is -2.38. The van der Waals surface area contributed by atoms with Crippen molar-refractivity contribution in [3.63, 3.8) is 0 Å². The molecule has 6 atom stereocenters. The highest BCUT2D eigenvalue weighted by atomic mass is 35.5. The maximum absolute atomic E-state index is 14.1. The normalized spacial score (nSPS) is 23.1. The lowest BCUT2D eigenvalue weighted by Crippen LogP contribution is -2.58. The molecule has 3 rings (SSSR count). The van der Waals surface area contributed by atoms with Crippen LogP contribution in [0, 0.1) is 11.8 Å². The Morgan fingerprint density at radius 3 is 2.57 bits per heavy atom. The van der Waals surface area contributed by atoms with Crippen LogP contribution in [-0.2, 0) is 20.8 Å². The molecule has 2 aliphatic rings. The number of amides is 3. The van der Waals surface area contributed by atoms with Gasteiger partial charge in [-0.25, -0.2) is 0 Å². The summed E-state index contributed by atoms with van der Waals surface area (Å²) in [6.07, 6.45) is 1.70. The lowest BCUT2D eigenvalue weighted by molar-refractivity contribution is -0.145. The minimum atomic E-state index is -1.46. The Kier molecular flexibility index (Phi) is 12.3. The number of halogens is 1. The summed E-state index contributed by atoms with van der Waals surface area (Å²) in [4.78, 5) is 46.1. The van der Waals surface area contributed by atoms with Crippen molar-refractivity contribution in [1.29, 1.82) is 0 Å². The van der Waals surface area contributed by atoms with E-state index in [0.29, 0.717) is 63.6 Å². The van der Waals surface area contributed by atoms with Crippen LogP contribution in [0.25, 0.3) is 0 Å². The standard InChI is InChI=1S/C29H45ClN6O6/c1-16(2)11-21(35-27(41)25(39)13-17-5-8-24(38)20(30)12-17)28(42)36-22-15-19(37)7-6-18(22)14-23(36)26(40)33-9-3-4-10-34-29(31)32/h5,8,12,16,18-19,21-23,25,37-39H,3-4,6-7,9-11,13-15H2,1-2H3,(H,33,40)(H,35,41)(H4,31,32,34)/t18-,19+,21+,22-,23-,25+/m0/s1. The van der Waals surface area contributed by atoms with E-state index < -0.39 is 36.1 Å². The summed E-state index contributed by atoms with van der Waals surface area (Å²) in [5.74, 6) is -1.39. The molecule has 234 valence electrons. The summed E-state index contributed by atoms with van der Waals surface area (Å²) in [6.45, 7) is 4.70. The molecule has 3 amide bonds. The van der Waals surface area contributed by atoms with Gasteiger partial charge in [-0.3, -0.25) is 19.4 Å². The molecular weight excluding hydrogens is 564 g/mol. The first-order valence-electron chi connectivity index (χ1n) is 14.7. The summed E-state index contributed by atoms with van der Waals surface area (Å²) in [6, 6.07) is 2.37. The number of likely N-dealkylation sites (tertiary alicyclic amines) is 1. The maximum atomic E-state index is 14.1. The number of guanidine groups is 1. The molecule has 1 aromatic rings. The third-order valence-electron chi connectivity index (χ3n) is 7.95. The number of carbonyl (C=O) groups excluding carboxylic acids is 3. The third-order valence-corrected chi connectivity index (χ3v) is 8.25. The number of nitrogens with two attached hydrogens (primary N) is 2. The van der Waals surface area contributed by atoms with Gasteiger partial charge < -0.3 is 42.3 Å². The highest BCUT2D eigenvalue weighted by molar-refractivity contribution is 6.32. The second kappa shape index (κ2) is 15.4. The second-order valence-electron chi connectivity index (χ2n) is 11.8. The minimum absolute atomic E-state index is 0.0178. The van der Waals surface area contributed by atoms with E-state index >= 15 is 0 Å². The number of rotatable bonds is 13. The van der Waals surface area contributed by atoms with Gasteiger partial charge in [0, 0.05) is 25.6 Å². The Morgan fingerprint density at radius 2 is 1.90 bits per heavy atom. The van der Waals surface area contributed by atoms with E-state index in [9.17, 15) is 29.7 Å². The molecule has 0 spiro atoms. The van der Waals surface area contributed by atoms with E-state index in [1.54, 1.807) is 11.0 Å². The topological polar surface area (TPSA) is 204 Å². The van der Waals surface area contributed by atoms with Crippen molar-refractivity contribution in [2.24, 2.45) is 28.3 Å². The van der Waals surface area contributed by atoms with Crippen molar-refractivity contribution in [2.75, 3.05) is 13.1 Å². The van der Waals surface area contributed by atoms with Crippen LogP contribution in [0.15, 0.2) is 23.2 Å². The Bertz CT molecular complexity index is 1130. The molecule has 1 saturated heterocycles. The summed E-state index contributed by atoms with van der Waals surface area (Å²) in [7, 11) is 0. The second-order valence-corrected chi connectivity index (χ2v) is 12.2. The van der Waals surface area contributed by atoms with Gasteiger partial charge in [-0.05, 0) is 74.5 Å². The zero-order chi connectivity index (χ0) is 31.0. The van der Waals surface area contributed by atoms with E-state index in [-0.39, 0.29) is 46.9 Å². The van der Waals surface area contributed by atoms with Crippen molar-refractivity contribution in [3.05, 3.63) is 28.8 Å². The van der Waals surface area contributed by atoms with Crippen molar-refractivity contribution >= 4 is 35.3 Å². The molecule has 1 heterocycles. The SMILES string of the molecule is CC(C)C[C@@H](NC(=O)[C@H](O)Cc1ccc(O)c(Cl)c1)C(=O)N1[C@H](C(=O)NCCCCN=C(N)N)C[C@@H]2CC[C@@H](O)C[C@@H]21. The van der Waals surface area contributed by atoms with Gasteiger partial charge >= 0.3 is 0 Å². The number of hydrogen-bond donors (Lipinski definition) is 7. The number of nitrogens with zero attached hydrogens (tertiary/aromatic N) is 2. The van der Waals surface area contributed by atoms with Crippen LogP contribution in [0.3, 0.4) is 0 Å². The molecule has 13 heteroatoms. The molecule has 1 aliphatic heterocycles. The summed E-state index contributed by atoms with van der Waals surface area (Å²) in [5.41, 5.74) is 11.2. The van der Waals surface area contributed by atoms with E-state index in [1.807, 2.05) is 13.8 Å². The fourth-order valence-electron chi connectivity index (χ4n) is 5.89. The summed E-state index contributed by atoms with van der Waals surface area (Å²) >= 11 is 5.96. The van der Waals surface area contributed by atoms with Crippen LogP contribution in [0.2, 0.25) is 5.02 Å². The number of aromatic hydroxyl groups is 1. The molecule has 0 radical (unpaired) electrons. The quantitative estimate of drug-likeness (QED) is 0.0966. The lowest BCUT2D eigenvalue weighted by atomic mass is 9.83. The van der Waals surface area contributed by atoms with Gasteiger partial charge in [0.05, 0.1) is 11.1 Å². The Hall–Kier alpha value is -3.09. The molecule has 42 heavy (non-hydrogen) atoms. The number of benzene rings is 1. The zero-order valence-electron chi connectivity index (χ0n) is 24.3. The summed E-state index contributed by atoms with van der Waals surface area (Å²) < 4.78 is 0. The molecule has 1 saturated carbocycles. The van der Waals surface area contributed by atoms with E-state index in [0.717, 1.165) is 0 Å². The first-order valence-corrected chi connectivity index (χ1v) is 15.0. The Morgan fingerprint density at radius 1 is 1.17 bits per heavy atom. The number of unbranched alkanes of at least 4 members (excludes halogenated alkanes) is 1. The molecule has 0 bridgehead atoms. The smallest absolute Gasteiger partial charge is 0.249 e. The third kappa shape index (κ3) is 9.20. The van der Waals surface area contributed by atoms with Crippen molar-refractivity contribution < 1.29 is 29.7 Å². The predicted molar refractivity (Wildman–Crippen MR) is 160 cm³/mol. The largest absolute Gasteiger partial charge is 0.506 e. The first kappa shape index (κ1) is 33.4.